The van der Waals surface area contributed by atoms with Crippen LogP contribution in [-0.2, 0) is 13.2 Å². The molecule has 2 aromatic heterocycles. The van der Waals surface area contributed by atoms with Crippen molar-refractivity contribution in [1.29, 1.82) is 0 Å². The molecule has 0 saturated heterocycles. The van der Waals surface area contributed by atoms with Gasteiger partial charge in [0.2, 0.25) is 5.88 Å². The molecule has 11 heteroatoms. The van der Waals surface area contributed by atoms with E-state index < -0.39 is 34.9 Å². The van der Waals surface area contributed by atoms with E-state index in [4.69, 9.17) is 4.74 Å². The smallest absolute Gasteiger partial charge is 0.352 e. The van der Waals surface area contributed by atoms with Gasteiger partial charge in [0, 0.05) is 22.6 Å². The molecule has 1 aromatic carbocycles. The number of hydrogen-bond donors (Lipinski definition) is 1. The number of aromatic nitrogens is 4. The number of aliphatic hydroxyl groups excluding tert-OH is 1. The van der Waals surface area contributed by atoms with Gasteiger partial charge in [-0.15, -0.1) is 23.6 Å². The molecule has 2 unspecified atom stereocenters. The highest BCUT2D eigenvalue weighted by Gasteiger charge is 2.26. The maximum absolute atomic E-state index is 15.2. The Hall–Kier alpha value is -2.47. The summed E-state index contributed by atoms with van der Waals surface area (Å²) in [6, 6.07) is 5.89. The van der Waals surface area contributed by atoms with Crippen LogP contribution < -0.4 is 10.4 Å². The molecular weight excluding hydrogens is 480 g/mol. The Morgan fingerprint density at radius 1 is 1.26 bits per heavy atom. The molecule has 0 aliphatic rings. The van der Waals surface area contributed by atoms with Crippen molar-refractivity contribution >= 4 is 30.6 Å². The minimum absolute atomic E-state index is 0.0498. The number of benzene rings is 1. The Balaban J connectivity index is 2.17. The van der Waals surface area contributed by atoms with E-state index in [-0.39, 0.29) is 29.6 Å². The molecular formula is C23H28F2N4O3P2. The summed E-state index contributed by atoms with van der Waals surface area (Å²) in [7, 11) is 5.29. The molecule has 3 aromatic rings. The highest BCUT2D eigenvalue weighted by atomic mass is 31.1. The monoisotopic (exact) mass is 508 g/mol. The zero-order chi connectivity index (χ0) is 25.2. The van der Waals surface area contributed by atoms with Crippen LogP contribution in [0, 0.1) is 18.6 Å². The Morgan fingerprint density at radius 2 is 1.97 bits per heavy atom. The summed E-state index contributed by atoms with van der Waals surface area (Å²) in [5.41, 5.74) is 0.704. The van der Waals surface area contributed by atoms with Crippen LogP contribution in [0.5, 0.6) is 5.88 Å². The van der Waals surface area contributed by atoms with Gasteiger partial charge in [-0.3, -0.25) is 4.57 Å². The number of rotatable bonds is 8. The van der Waals surface area contributed by atoms with Crippen molar-refractivity contribution < 1.29 is 18.6 Å². The normalized spacial score (nSPS) is 13.0. The van der Waals surface area contributed by atoms with Crippen LogP contribution in [0.1, 0.15) is 43.3 Å². The molecule has 0 saturated carbocycles. The van der Waals surface area contributed by atoms with Crippen molar-refractivity contribution in [2.24, 2.45) is 0 Å². The summed E-state index contributed by atoms with van der Waals surface area (Å²) >= 11 is 0. The van der Waals surface area contributed by atoms with E-state index in [1.807, 2.05) is 13.8 Å². The van der Waals surface area contributed by atoms with Gasteiger partial charge in [0.1, 0.15) is 18.5 Å². The predicted octanol–water partition coefficient (Wildman–Crippen LogP) is 3.93. The van der Waals surface area contributed by atoms with E-state index in [0.29, 0.717) is 11.1 Å². The molecule has 0 radical (unpaired) electrons. The van der Waals surface area contributed by atoms with Crippen LogP contribution in [0.4, 0.5) is 8.78 Å². The van der Waals surface area contributed by atoms with Crippen LogP contribution in [0.2, 0.25) is 0 Å². The lowest BCUT2D eigenvalue weighted by atomic mass is 10.1. The van der Waals surface area contributed by atoms with E-state index in [1.165, 1.54) is 22.8 Å². The van der Waals surface area contributed by atoms with Crippen molar-refractivity contribution in [1.82, 2.24) is 19.3 Å². The average molecular weight is 508 g/mol. The number of aryl methyl sites for hydroxylation is 1. The highest BCUT2D eigenvalue weighted by molar-refractivity contribution is 7.39. The summed E-state index contributed by atoms with van der Waals surface area (Å²) in [6.07, 6.45) is 2.65. The third-order valence-corrected chi connectivity index (χ3v) is 6.35. The minimum atomic E-state index is -0.822. The second-order valence-electron chi connectivity index (χ2n) is 8.13. The van der Waals surface area contributed by atoms with E-state index in [1.54, 1.807) is 26.0 Å². The molecule has 0 spiro atoms. The molecule has 2 heterocycles. The number of nitrogens with zero attached hydrogens (tertiary/aromatic N) is 4. The number of halogens is 2. The van der Waals surface area contributed by atoms with E-state index in [0.717, 1.165) is 10.7 Å². The Bertz CT molecular complexity index is 1260. The third kappa shape index (κ3) is 5.43. The molecule has 0 amide bonds. The lowest BCUT2D eigenvalue weighted by Gasteiger charge is -2.27. The molecule has 182 valence electrons. The fourth-order valence-corrected chi connectivity index (χ4v) is 3.31. The maximum atomic E-state index is 15.2. The van der Waals surface area contributed by atoms with Gasteiger partial charge in [-0.1, -0.05) is 18.2 Å². The summed E-state index contributed by atoms with van der Waals surface area (Å²) < 4.78 is 37.6. The van der Waals surface area contributed by atoms with Gasteiger partial charge >= 0.3 is 5.69 Å². The predicted molar refractivity (Wildman–Crippen MR) is 135 cm³/mol. The van der Waals surface area contributed by atoms with Gasteiger partial charge in [0.05, 0.1) is 0 Å². The molecule has 0 fully saturated rings. The van der Waals surface area contributed by atoms with Gasteiger partial charge in [-0.25, -0.2) is 13.6 Å². The number of aliphatic hydroxyl groups is 1. The highest BCUT2D eigenvalue weighted by Crippen LogP contribution is 2.34. The first-order valence-electron chi connectivity index (χ1n) is 10.7. The van der Waals surface area contributed by atoms with Crippen molar-refractivity contribution in [2.75, 3.05) is 0 Å². The second-order valence-corrected chi connectivity index (χ2v) is 11.3. The molecule has 7 nitrogen and oxygen atoms in total. The standard InChI is InChI=1S/C23H28F2N4O3P2/c1-5-28-19(12-30)27-29(22(28)31)20-18(25)11-15(21(26-20)32-14(3)23(4,33)34)9-10-16-13(2)7-6-8-17(16)24/h6-11,14,30H,5,12,33-34H2,1-4H3/b10-9+/t14-/m0/s1. The minimum Gasteiger partial charge on any atom is -0.473 e. The third-order valence-electron chi connectivity index (χ3n) is 5.41. The molecule has 1 N–H and O–H groups in total. The lowest BCUT2D eigenvalue weighted by molar-refractivity contribution is 0.202. The summed E-state index contributed by atoms with van der Waals surface area (Å²) in [5, 5.41) is 13.5. The zero-order valence-electron chi connectivity index (χ0n) is 19.4. The van der Waals surface area contributed by atoms with Crippen LogP contribution in [0.15, 0.2) is 29.1 Å². The largest absolute Gasteiger partial charge is 0.473 e. The Morgan fingerprint density at radius 3 is 2.53 bits per heavy atom. The van der Waals surface area contributed by atoms with Crippen LogP contribution in [-0.4, -0.2) is 35.4 Å². The average Bonchev–Trinajstić information content (AvgIpc) is 3.09. The van der Waals surface area contributed by atoms with Crippen molar-refractivity contribution in [3.05, 3.63) is 68.9 Å². The first-order valence-corrected chi connectivity index (χ1v) is 11.8. The molecule has 0 bridgehead atoms. The van der Waals surface area contributed by atoms with E-state index >= 15 is 4.39 Å². The fraction of sp³-hybridized carbons (Fsp3) is 0.348. The number of ether oxygens (including phenoxy) is 1. The zero-order valence-corrected chi connectivity index (χ0v) is 21.7. The number of pyridine rings is 1. The molecule has 0 aliphatic heterocycles. The van der Waals surface area contributed by atoms with Crippen LogP contribution in [0.25, 0.3) is 18.0 Å². The summed E-state index contributed by atoms with van der Waals surface area (Å²) in [4.78, 5) is 16.6. The summed E-state index contributed by atoms with van der Waals surface area (Å²) in [5.74, 6) is -1.45. The van der Waals surface area contributed by atoms with Gasteiger partial charge < -0.3 is 9.84 Å². The van der Waals surface area contributed by atoms with E-state index in [9.17, 15) is 14.3 Å². The Kier molecular flexibility index (Phi) is 8.02. The first kappa shape index (κ1) is 26.1. The topological polar surface area (TPSA) is 82.2 Å². The van der Waals surface area contributed by atoms with Crippen molar-refractivity contribution in [3.8, 4) is 11.7 Å². The SMILES string of the molecule is CCn1c(CO)nn(-c2nc(O[C@@H](C)C(C)(P)P)c(/C=C/c3c(C)cccc3F)cc2F)c1=O. The molecule has 34 heavy (non-hydrogen) atoms. The van der Waals surface area contributed by atoms with Crippen molar-refractivity contribution in [2.45, 2.75) is 51.8 Å². The lowest BCUT2D eigenvalue weighted by Crippen LogP contribution is -2.30. The fourth-order valence-electron chi connectivity index (χ4n) is 3.17. The van der Waals surface area contributed by atoms with Gasteiger partial charge in [-0.05, 0) is 51.5 Å². The summed E-state index contributed by atoms with van der Waals surface area (Å²) in [6.45, 7) is 6.98. The molecule has 3 atom stereocenters. The quantitative estimate of drug-likeness (QED) is 0.467. The van der Waals surface area contributed by atoms with Gasteiger partial charge in [0.25, 0.3) is 0 Å². The molecule has 0 aliphatic carbocycles. The first-order chi connectivity index (χ1) is 16.0. The van der Waals surface area contributed by atoms with Crippen LogP contribution >= 0.6 is 18.5 Å². The molecule has 3 rings (SSSR count). The second kappa shape index (κ2) is 10.4. The van der Waals surface area contributed by atoms with Crippen molar-refractivity contribution in [3.63, 3.8) is 0 Å². The van der Waals surface area contributed by atoms with E-state index in [2.05, 4.69) is 28.6 Å². The van der Waals surface area contributed by atoms with Crippen LogP contribution in [0.3, 0.4) is 0 Å². The van der Waals surface area contributed by atoms with Gasteiger partial charge in [-0.2, -0.15) is 9.67 Å². The maximum Gasteiger partial charge on any atom is 0.352 e. The Labute approximate surface area is 201 Å². The number of hydrogen-bond acceptors (Lipinski definition) is 5. The van der Waals surface area contributed by atoms with Gasteiger partial charge in [0.15, 0.2) is 17.5 Å².